The zero-order valence-corrected chi connectivity index (χ0v) is 25.7. The molecule has 0 spiro atoms. The number of aryl methyl sites for hydroxylation is 1. The Morgan fingerprint density at radius 3 is 2.21 bits per heavy atom. The van der Waals surface area contributed by atoms with Crippen molar-refractivity contribution in [2.45, 2.75) is 63.2 Å². The Morgan fingerprint density at radius 1 is 0.977 bits per heavy atom. The molecule has 9 nitrogen and oxygen atoms in total. The van der Waals surface area contributed by atoms with Gasteiger partial charge in [0.15, 0.2) is 6.10 Å². The number of amides is 2. The fraction of sp³-hybridized carbons (Fsp3) is 0.394. The molecule has 0 aromatic heterocycles. The molecule has 0 bridgehead atoms. The second-order valence-electron chi connectivity index (χ2n) is 11.0. The van der Waals surface area contributed by atoms with E-state index in [1.807, 2.05) is 57.2 Å². The summed E-state index contributed by atoms with van der Waals surface area (Å²) in [7, 11) is -3.94. The maximum Gasteiger partial charge on any atom is 0.415 e. The van der Waals surface area contributed by atoms with Gasteiger partial charge in [0.25, 0.3) is 5.91 Å². The first-order valence-electron chi connectivity index (χ1n) is 14.8. The standard InChI is InChI=1S/C33H41N3O6S/c1-4-24(3)21-35(43(40,41)28-18-16-25(5-2)17-19-28)22-30(37)29(20-26-12-8-6-9-13-26)34-32(38)31-23-36(33(39)42-31)27-14-10-7-11-15-27/h6-19,24,29-31,37H,4-5,20-23H2,1-3H3,(H,34,38)/t24-,29-,30+,31-/m0/s1. The number of hydrogen-bond donors (Lipinski definition) is 2. The molecule has 1 aliphatic heterocycles. The average molecular weight is 608 g/mol. The molecule has 0 unspecified atom stereocenters. The number of carbonyl (C=O) groups excluding carboxylic acids is 2. The molecule has 43 heavy (non-hydrogen) atoms. The summed E-state index contributed by atoms with van der Waals surface area (Å²) in [6.07, 6.45) is -1.18. The Balaban J connectivity index is 1.56. The van der Waals surface area contributed by atoms with Crippen molar-refractivity contribution in [3.8, 4) is 0 Å². The van der Waals surface area contributed by atoms with Gasteiger partial charge in [-0.15, -0.1) is 0 Å². The molecule has 0 radical (unpaired) electrons. The lowest BCUT2D eigenvalue weighted by Gasteiger charge is -2.31. The van der Waals surface area contributed by atoms with Gasteiger partial charge in [-0.05, 0) is 54.2 Å². The van der Waals surface area contributed by atoms with Crippen LogP contribution in [0.4, 0.5) is 10.5 Å². The minimum absolute atomic E-state index is 0.0190. The molecule has 1 fully saturated rings. The fourth-order valence-corrected chi connectivity index (χ4v) is 6.55. The van der Waals surface area contributed by atoms with Gasteiger partial charge in [0.2, 0.25) is 10.0 Å². The fourth-order valence-electron chi connectivity index (χ4n) is 4.97. The molecule has 1 saturated heterocycles. The van der Waals surface area contributed by atoms with Gasteiger partial charge in [-0.1, -0.05) is 87.9 Å². The predicted molar refractivity (Wildman–Crippen MR) is 166 cm³/mol. The Hall–Kier alpha value is -3.73. The number of cyclic esters (lactones) is 1. The van der Waals surface area contributed by atoms with Crippen molar-refractivity contribution in [1.82, 2.24) is 9.62 Å². The van der Waals surface area contributed by atoms with Crippen molar-refractivity contribution in [1.29, 1.82) is 0 Å². The molecule has 1 heterocycles. The van der Waals surface area contributed by atoms with Crippen LogP contribution < -0.4 is 10.2 Å². The third-order valence-electron chi connectivity index (χ3n) is 7.84. The topological polar surface area (TPSA) is 116 Å². The predicted octanol–water partition coefficient (Wildman–Crippen LogP) is 4.40. The first-order chi connectivity index (χ1) is 20.6. The first kappa shape index (κ1) is 32.2. The van der Waals surface area contributed by atoms with E-state index in [9.17, 15) is 23.1 Å². The molecule has 1 aliphatic rings. The number of para-hydroxylation sites is 1. The van der Waals surface area contributed by atoms with Gasteiger partial charge in [-0.3, -0.25) is 9.69 Å². The third kappa shape index (κ3) is 8.22. The summed E-state index contributed by atoms with van der Waals surface area (Å²) in [5, 5.41) is 14.4. The van der Waals surface area contributed by atoms with Crippen LogP contribution in [0.15, 0.2) is 89.8 Å². The quantitative estimate of drug-likeness (QED) is 0.281. The first-order valence-corrected chi connectivity index (χ1v) is 16.2. The number of hydrogen-bond acceptors (Lipinski definition) is 6. The summed E-state index contributed by atoms with van der Waals surface area (Å²) in [5.74, 6) is -0.515. The van der Waals surface area contributed by atoms with E-state index in [4.69, 9.17) is 4.74 Å². The molecule has 3 aromatic carbocycles. The number of nitrogens with one attached hydrogen (secondary N) is 1. The summed E-state index contributed by atoms with van der Waals surface area (Å²) in [6, 6.07) is 24.2. The summed E-state index contributed by atoms with van der Waals surface area (Å²) in [5.41, 5.74) is 2.49. The molecule has 4 rings (SSSR count). The number of carbonyl (C=O) groups is 2. The second-order valence-corrected chi connectivity index (χ2v) is 13.0. The summed E-state index contributed by atoms with van der Waals surface area (Å²) in [4.78, 5) is 27.5. The van der Waals surface area contributed by atoms with Crippen molar-refractivity contribution in [2.24, 2.45) is 5.92 Å². The Kier molecular flexibility index (Phi) is 11.0. The van der Waals surface area contributed by atoms with E-state index in [2.05, 4.69) is 5.32 Å². The van der Waals surface area contributed by atoms with E-state index in [0.717, 1.165) is 24.0 Å². The van der Waals surface area contributed by atoms with Crippen LogP contribution in [0.1, 0.15) is 38.3 Å². The molecule has 2 amide bonds. The zero-order chi connectivity index (χ0) is 31.0. The maximum atomic E-state index is 13.8. The summed E-state index contributed by atoms with van der Waals surface area (Å²) < 4.78 is 34.3. The smallest absolute Gasteiger partial charge is 0.415 e. The monoisotopic (exact) mass is 607 g/mol. The van der Waals surface area contributed by atoms with Crippen LogP contribution in [0.5, 0.6) is 0 Å². The Bertz CT molecular complexity index is 1450. The molecule has 0 aliphatic carbocycles. The largest absolute Gasteiger partial charge is 0.434 e. The van der Waals surface area contributed by atoms with Crippen LogP contribution in [0.3, 0.4) is 0 Å². The number of nitrogens with zero attached hydrogens (tertiary/aromatic N) is 2. The highest BCUT2D eigenvalue weighted by atomic mass is 32.2. The minimum Gasteiger partial charge on any atom is -0.434 e. The lowest BCUT2D eigenvalue weighted by molar-refractivity contribution is -0.129. The van der Waals surface area contributed by atoms with E-state index >= 15 is 0 Å². The van der Waals surface area contributed by atoms with Crippen molar-refractivity contribution in [3.05, 3.63) is 96.1 Å². The van der Waals surface area contributed by atoms with E-state index in [1.165, 1.54) is 9.21 Å². The molecular formula is C33H41N3O6S. The molecule has 4 atom stereocenters. The van der Waals surface area contributed by atoms with Gasteiger partial charge in [0.05, 0.1) is 23.6 Å². The van der Waals surface area contributed by atoms with Gasteiger partial charge in [0.1, 0.15) is 0 Å². The molecule has 230 valence electrons. The normalized spacial score (nSPS) is 17.4. The van der Waals surface area contributed by atoms with Crippen LogP contribution in [-0.4, -0.2) is 67.7 Å². The van der Waals surface area contributed by atoms with Gasteiger partial charge in [-0.25, -0.2) is 13.2 Å². The van der Waals surface area contributed by atoms with Crippen LogP contribution in [0.2, 0.25) is 0 Å². The van der Waals surface area contributed by atoms with E-state index in [1.54, 1.807) is 48.5 Å². The Morgan fingerprint density at radius 2 is 1.60 bits per heavy atom. The van der Waals surface area contributed by atoms with Crippen molar-refractivity contribution < 1.29 is 27.9 Å². The van der Waals surface area contributed by atoms with Gasteiger partial charge >= 0.3 is 6.09 Å². The molecule has 10 heteroatoms. The number of aliphatic hydroxyl groups excluding tert-OH is 1. The lowest BCUT2D eigenvalue weighted by atomic mass is 10.0. The molecule has 0 saturated carbocycles. The average Bonchev–Trinajstić information content (AvgIpc) is 3.42. The zero-order valence-electron chi connectivity index (χ0n) is 24.9. The number of aliphatic hydroxyl groups is 1. The number of anilines is 1. The second kappa shape index (κ2) is 14.6. The van der Waals surface area contributed by atoms with Crippen LogP contribution in [0.25, 0.3) is 0 Å². The SMILES string of the molecule is CCc1ccc(S(=O)(=O)N(C[C@@H](C)CC)C[C@@H](O)[C@H](Cc2ccccc2)NC(=O)[C@@H]2CN(c3ccccc3)C(=O)O2)cc1. The van der Waals surface area contributed by atoms with Crippen LogP contribution >= 0.6 is 0 Å². The Labute approximate surface area is 254 Å². The van der Waals surface area contributed by atoms with Gasteiger partial charge in [-0.2, -0.15) is 4.31 Å². The lowest BCUT2D eigenvalue weighted by Crippen LogP contribution is -2.53. The van der Waals surface area contributed by atoms with Crippen LogP contribution in [-0.2, 0) is 32.4 Å². The highest BCUT2D eigenvalue weighted by molar-refractivity contribution is 7.89. The van der Waals surface area contributed by atoms with E-state index in [-0.39, 0.29) is 36.9 Å². The van der Waals surface area contributed by atoms with E-state index in [0.29, 0.717) is 5.69 Å². The highest BCUT2D eigenvalue weighted by Crippen LogP contribution is 2.23. The third-order valence-corrected chi connectivity index (χ3v) is 9.68. The van der Waals surface area contributed by atoms with Crippen molar-refractivity contribution >= 4 is 27.7 Å². The van der Waals surface area contributed by atoms with Gasteiger partial charge in [0, 0.05) is 18.8 Å². The summed E-state index contributed by atoms with van der Waals surface area (Å²) >= 11 is 0. The number of sulfonamides is 1. The maximum absolute atomic E-state index is 13.8. The van der Waals surface area contributed by atoms with Crippen molar-refractivity contribution in [3.63, 3.8) is 0 Å². The van der Waals surface area contributed by atoms with E-state index < -0.39 is 40.3 Å². The molecule has 3 aromatic rings. The number of rotatable bonds is 14. The molecule has 2 N–H and O–H groups in total. The van der Waals surface area contributed by atoms with Gasteiger partial charge < -0.3 is 15.2 Å². The number of benzene rings is 3. The molecular weight excluding hydrogens is 566 g/mol. The summed E-state index contributed by atoms with van der Waals surface area (Å²) in [6.45, 7) is 5.96. The minimum atomic E-state index is -3.94. The van der Waals surface area contributed by atoms with Crippen LogP contribution in [0, 0.1) is 5.92 Å². The van der Waals surface area contributed by atoms with Crippen molar-refractivity contribution in [2.75, 3.05) is 24.5 Å². The number of ether oxygens (including phenoxy) is 1. The highest BCUT2D eigenvalue weighted by Gasteiger charge is 2.39.